The summed E-state index contributed by atoms with van der Waals surface area (Å²) in [5.74, 6) is 0.155. The highest BCUT2D eigenvalue weighted by atomic mass is 32.2. The van der Waals surface area contributed by atoms with E-state index in [2.05, 4.69) is 9.71 Å². The Balaban J connectivity index is 2.04. The summed E-state index contributed by atoms with van der Waals surface area (Å²) in [5, 5.41) is 9.08. The molecule has 2 rings (SSSR count). The zero-order chi connectivity index (χ0) is 12.5. The highest BCUT2D eigenvalue weighted by Crippen LogP contribution is 2.26. The first kappa shape index (κ1) is 12.3. The van der Waals surface area contributed by atoms with Crippen LogP contribution in [0.3, 0.4) is 0 Å². The molecule has 1 aromatic rings. The second-order valence-corrected chi connectivity index (χ2v) is 5.95. The van der Waals surface area contributed by atoms with Crippen LogP contribution in [0.5, 0.6) is 0 Å². The number of pyridine rings is 1. The average molecular weight is 258 g/mol. The molecule has 1 saturated carbocycles. The monoisotopic (exact) mass is 258 g/mol. The third-order valence-electron chi connectivity index (χ3n) is 2.85. The molecule has 1 aliphatic rings. The number of hydrogen-bond donors (Lipinski definition) is 3. The summed E-state index contributed by atoms with van der Waals surface area (Å²) in [6.07, 6.45) is 3.44. The summed E-state index contributed by atoms with van der Waals surface area (Å²) in [7, 11) is -3.76. The molecule has 0 amide bonds. The topological polar surface area (TPSA) is 99.3 Å². The maximum absolute atomic E-state index is 11.8. The summed E-state index contributed by atoms with van der Waals surface area (Å²) in [4.78, 5) is 13.7. The standard InChI is InChI=1S/C10H14N2O4S/c13-8-3-7(4-8)5-12-17(15,16)10-6-11-2-1-9(10)14/h1-2,6-8,12-13H,3-5H2,(H,11,14). The third kappa shape index (κ3) is 2.74. The van der Waals surface area contributed by atoms with Crippen LogP contribution in [-0.2, 0) is 10.0 Å². The number of H-pyrrole nitrogens is 1. The van der Waals surface area contributed by atoms with Gasteiger partial charge in [0.05, 0.1) is 6.10 Å². The Morgan fingerprint density at radius 2 is 2.18 bits per heavy atom. The molecule has 0 bridgehead atoms. The van der Waals surface area contributed by atoms with Gasteiger partial charge in [-0.2, -0.15) is 0 Å². The van der Waals surface area contributed by atoms with Crippen molar-refractivity contribution >= 4 is 10.0 Å². The van der Waals surface area contributed by atoms with Crippen LogP contribution in [0.15, 0.2) is 28.2 Å². The van der Waals surface area contributed by atoms with Gasteiger partial charge in [-0.25, -0.2) is 13.1 Å². The van der Waals surface area contributed by atoms with Crippen molar-refractivity contribution in [3.8, 4) is 0 Å². The molecule has 94 valence electrons. The van der Waals surface area contributed by atoms with E-state index in [1.54, 1.807) is 0 Å². The zero-order valence-corrected chi connectivity index (χ0v) is 9.90. The van der Waals surface area contributed by atoms with Gasteiger partial charge < -0.3 is 10.1 Å². The van der Waals surface area contributed by atoms with Gasteiger partial charge in [0.1, 0.15) is 4.90 Å². The van der Waals surface area contributed by atoms with Crippen LogP contribution in [0.4, 0.5) is 0 Å². The number of aromatic amines is 1. The van der Waals surface area contributed by atoms with Crippen LogP contribution < -0.4 is 10.2 Å². The van der Waals surface area contributed by atoms with Gasteiger partial charge in [-0.15, -0.1) is 0 Å². The molecule has 0 saturated heterocycles. The highest BCUT2D eigenvalue weighted by Gasteiger charge is 2.28. The number of aromatic nitrogens is 1. The van der Waals surface area contributed by atoms with Gasteiger partial charge in [-0.3, -0.25) is 4.79 Å². The van der Waals surface area contributed by atoms with Crippen LogP contribution in [0.2, 0.25) is 0 Å². The van der Waals surface area contributed by atoms with Gasteiger partial charge in [0.2, 0.25) is 15.5 Å². The summed E-state index contributed by atoms with van der Waals surface area (Å²) in [5.41, 5.74) is -0.537. The Morgan fingerprint density at radius 1 is 1.47 bits per heavy atom. The van der Waals surface area contributed by atoms with E-state index in [0.717, 1.165) is 0 Å². The fraction of sp³-hybridized carbons (Fsp3) is 0.500. The van der Waals surface area contributed by atoms with Crippen LogP contribution in [0.25, 0.3) is 0 Å². The van der Waals surface area contributed by atoms with E-state index in [0.29, 0.717) is 12.8 Å². The molecule has 3 N–H and O–H groups in total. The second-order valence-electron chi connectivity index (χ2n) is 4.22. The van der Waals surface area contributed by atoms with E-state index in [-0.39, 0.29) is 23.5 Å². The molecule has 0 radical (unpaired) electrons. The van der Waals surface area contributed by atoms with Crippen molar-refractivity contribution in [2.24, 2.45) is 5.92 Å². The first-order valence-electron chi connectivity index (χ1n) is 5.34. The van der Waals surface area contributed by atoms with Crippen molar-refractivity contribution in [3.63, 3.8) is 0 Å². The van der Waals surface area contributed by atoms with Crippen LogP contribution in [-0.4, -0.2) is 31.2 Å². The first-order valence-corrected chi connectivity index (χ1v) is 6.82. The van der Waals surface area contributed by atoms with Crippen LogP contribution >= 0.6 is 0 Å². The maximum Gasteiger partial charge on any atom is 0.245 e. The van der Waals surface area contributed by atoms with E-state index in [9.17, 15) is 13.2 Å². The van der Waals surface area contributed by atoms with Gasteiger partial charge in [0, 0.05) is 25.0 Å². The molecule has 0 aromatic carbocycles. The number of sulfonamides is 1. The SMILES string of the molecule is O=c1cc[nH]cc1S(=O)(=O)NCC1CC(O)C1. The van der Waals surface area contributed by atoms with Crippen molar-refractivity contribution < 1.29 is 13.5 Å². The van der Waals surface area contributed by atoms with E-state index in [1.165, 1.54) is 18.5 Å². The van der Waals surface area contributed by atoms with Crippen LogP contribution in [0, 0.1) is 5.92 Å². The maximum atomic E-state index is 11.8. The Labute approximate surface area is 98.7 Å². The molecule has 0 spiro atoms. The first-order chi connectivity index (χ1) is 7.99. The molecule has 0 aliphatic heterocycles. The van der Waals surface area contributed by atoms with Crippen molar-refractivity contribution in [1.82, 2.24) is 9.71 Å². The lowest BCUT2D eigenvalue weighted by atomic mass is 9.83. The van der Waals surface area contributed by atoms with Gasteiger partial charge in [0.15, 0.2) is 0 Å². The van der Waals surface area contributed by atoms with Crippen molar-refractivity contribution in [2.45, 2.75) is 23.8 Å². The summed E-state index contributed by atoms with van der Waals surface area (Å²) >= 11 is 0. The lowest BCUT2D eigenvalue weighted by Gasteiger charge is -2.31. The molecule has 1 fully saturated rings. The van der Waals surface area contributed by atoms with Gasteiger partial charge in [-0.1, -0.05) is 0 Å². The van der Waals surface area contributed by atoms with Gasteiger partial charge in [0.25, 0.3) is 0 Å². The Bertz CT molecular complexity index is 545. The molecule has 1 aromatic heterocycles. The minimum atomic E-state index is -3.76. The summed E-state index contributed by atoms with van der Waals surface area (Å²) in [6.45, 7) is 0.258. The predicted octanol–water partition coefficient (Wildman–Crippen LogP) is -0.576. The molecular formula is C10H14N2O4S. The number of aliphatic hydroxyl groups is 1. The third-order valence-corrected chi connectivity index (χ3v) is 4.30. The minimum absolute atomic E-state index is 0.155. The molecule has 17 heavy (non-hydrogen) atoms. The normalized spacial score (nSPS) is 24.3. The van der Waals surface area contributed by atoms with Crippen molar-refractivity contribution in [1.29, 1.82) is 0 Å². The molecular weight excluding hydrogens is 244 g/mol. The van der Waals surface area contributed by atoms with Crippen LogP contribution in [0.1, 0.15) is 12.8 Å². The fourth-order valence-corrected chi connectivity index (χ4v) is 2.95. The van der Waals surface area contributed by atoms with Crippen molar-refractivity contribution in [2.75, 3.05) is 6.54 Å². The lowest BCUT2D eigenvalue weighted by Crippen LogP contribution is -2.39. The van der Waals surface area contributed by atoms with E-state index < -0.39 is 15.5 Å². The van der Waals surface area contributed by atoms with E-state index in [4.69, 9.17) is 5.11 Å². The smallest absolute Gasteiger partial charge is 0.245 e. The van der Waals surface area contributed by atoms with Gasteiger partial charge >= 0.3 is 0 Å². The second kappa shape index (κ2) is 4.59. The molecule has 1 heterocycles. The minimum Gasteiger partial charge on any atom is -0.393 e. The Kier molecular flexibility index (Phi) is 3.32. The fourth-order valence-electron chi connectivity index (χ4n) is 1.78. The van der Waals surface area contributed by atoms with Gasteiger partial charge in [-0.05, 0) is 18.8 Å². The Morgan fingerprint density at radius 3 is 2.76 bits per heavy atom. The van der Waals surface area contributed by atoms with E-state index in [1.807, 2.05) is 0 Å². The molecule has 1 aliphatic carbocycles. The summed E-state index contributed by atoms with van der Waals surface area (Å²) in [6, 6.07) is 1.17. The van der Waals surface area contributed by atoms with Crippen molar-refractivity contribution in [3.05, 3.63) is 28.7 Å². The molecule has 7 heteroatoms. The molecule has 6 nitrogen and oxygen atoms in total. The Hall–Kier alpha value is -1.18. The zero-order valence-electron chi connectivity index (χ0n) is 9.09. The highest BCUT2D eigenvalue weighted by molar-refractivity contribution is 7.89. The number of hydrogen-bond acceptors (Lipinski definition) is 4. The van der Waals surface area contributed by atoms with E-state index >= 15 is 0 Å². The summed E-state index contributed by atoms with van der Waals surface area (Å²) < 4.78 is 26.0. The average Bonchev–Trinajstić information content (AvgIpc) is 2.23. The lowest BCUT2D eigenvalue weighted by molar-refractivity contribution is 0.0453. The number of aliphatic hydroxyl groups excluding tert-OH is 1. The predicted molar refractivity (Wildman–Crippen MR) is 61.0 cm³/mol. The quantitative estimate of drug-likeness (QED) is 0.673. The largest absolute Gasteiger partial charge is 0.393 e. The number of nitrogens with one attached hydrogen (secondary N) is 2. The molecule has 0 atom stereocenters. The molecule has 0 unspecified atom stereocenters. The number of rotatable bonds is 4.